The molecule has 72 valence electrons. The Hall–Kier alpha value is -0.900. The number of thiazole rings is 1. The van der Waals surface area contributed by atoms with Gasteiger partial charge in [0.1, 0.15) is 5.01 Å². The van der Waals surface area contributed by atoms with Gasteiger partial charge in [0.2, 0.25) is 0 Å². The molecule has 4 heteroatoms. The van der Waals surface area contributed by atoms with Crippen LogP contribution in [-0.4, -0.2) is 10.1 Å². The van der Waals surface area contributed by atoms with E-state index in [0.29, 0.717) is 5.02 Å². The second-order valence-electron chi connectivity index (χ2n) is 2.80. The van der Waals surface area contributed by atoms with E-state index in [4.69, 9.17) is 16.7 Å². The predicted molar refractivity (Wildman–Crippen MR) is 58.5 cm³/mol. The summed E-state index contributed by atoms with van der Waals surface area (Å²) in [5.74, 6) is 0. The van der Waals surface area contributed by atoms with Crippen LogP contribution >= 0.6 is 22.9 Å². The fourth-order valence-electron chi connectivity index (χ4n) is 1.11. The lowest BCUT2D eigenvalue weighted by molar-refractivity contribution is 0.285. The van der Waals surface area contributed by atoms with Crippen LogP contribution in [0.2, 0.25) is 5.02 Å². The zero-order valence-corrected chi connectivity index (χ0v) is 8.85. The van der Waals surface area contributed by atoms with E-state index in [1.165, 1.54) is 11.3 Å². The summed E-state index contributed by atoms with van der Waals surface area (Å²) in [6.07, 6.45) is 1.69. The minimum absolute atomic E-state index is 0.0469. The summed E-state index contributed by atoms with van der Waals surface area (Å²) < 4.78 is 0. The van der Waals surface area contributed by atoms with E-state index in [9.17, 15) is 0 Å². The molecule has 0 atom stereocenters. The Labute approximate surface area is 90.8 Å². The van der Waals surface area contributed by atoms with Crippen LogP contribution < -0.4 is 0 Å². The molecular formula is C10H8ClNOS. The fraction of sp³-hybridized carbons (Fsp3) is 0.100. The average molecular weight is 226 g/mol. The monoisotopic (exact) mass is 225 g/mol. The Kier molecular flexibility index (Phi) is 2.82. The number of aliphatic hydroxyl groups excluding tert-OH is 1. The van der Waals surface area contributed by atoms with Gasteiger partial charge in [0, 0.05) is 16.8 Å². The topological polar surface area (TPSA) is 33.1 Å². The first-order valence-electron chi connectivity index (χ1n) is 4.11. The lowest BCUT2D eigenvalue weighted by Crippen LogP contribution is -1.73. The number of benzene rings is 1. The second kappa shape index (κ2) is 4.09. The lowest BCUT2D eigenvalue weighted by Gasteiger charge is -1.94. The van der Waals surface area contributed by atoms with Crippen molar-refractivity contribution < 1.29 is 5.11 Å². The average Bonchev–Trinajstić information content (AvgIpc) is 2.67. The van der Waals surface area contributed by atoms with Crippen LogP contribution in [0.5, 0.6) is 0 Å². The Bertz CT molecular complexity index is 424. The molecule has 0 aliphatic carbocycles. The molecule has 0 saturated carbocycles. The normalized spacial score (nSPS) is 10.4. The van der Waals surface area contributed by atoms with Crippen molar-refractivity contribution in [1.82, 2.24) is 4.98 Å². The molecule has 0 unspecified atom stereocenters. The Morgan fingerprint density at radius 3 is 2.57 bits per heavy atom. The van der Waals surface area contributed by atoms with Gasteiger partial charge in [0.25, 0.3) is 0 Å². The van der Waals surface area contributed by atoms with Gasteiger partial charge in [0.05, 0.1) is 11.5 Å². The third-order valence-corrected chi connectivity index (χ3v) is 3.08. The van der Waals surface area contributed by atoms with Crippen LogP contribution in [0, 0.1) is 0 Å². The molecule has 1 aromatic carbocycles. The molecule has 2 nitrogen and oxygen atoms in total. The van der Waals surface area contributed by atoms with Gasteiger partial charge in [-0.3, -0.25) is 0 Å². The molecule has 0 spiro atoms. The van der Waals surface area contributed by atoms with Crippen LogP contribution in [0.3, 0.4) is 0 Å². The third-order valence-electron chi connectivity index (χ3n) is 1.80. The quantitative estimate of drug-likeness (QED) is 0.853. The first-order valence-corrected chi connectivity index (χ1v) is 5.30. The Morgan fingerprint density at radius 2 is 2.00 bits per heavy atom. The molecule has 0 bridgehead atoms. The molecule has 14 heavy (non-hydrogen) atoms. The first kappa shape index (κ1) is 9.65. The van der Waals surface area contributed by atoms with Gasteiger partial charge in [-0.15, -0.1) is 11.3 Å². The van der Waals surface area contributed by atoms with Crippen LogP contribution in [0.25, 0.3) is 10.6 Å². The molecular weight excluding hydrogens is 218 g/mol. The first-order chi connectivity index (χ1) is 6.79. The van der Waals surface area contributed by atoms with E-state index in [-0.39, 0.29) is 6.61 Å². The van der Waals surface area contributed by atoms with Crippen LogP contribution in [0.4, 0.5) is 0 Å². The molecule has 1 heterocycles. The summed E-state index contributed by atoms with van der Waals surface area (Å²) in [5.41, 5.74) is 1.03. The van der Waals surface area contributed by atoms with Gasteiger partial charge in [-0.2, -0.15) is 0 Å². The zero-order chi connectivity index (χ0) is 9.97. The van der Waals surface area contributed by atoms with Gasteiger partial charge in [-0.05, 0) is 12.1 Å². The number of halogens is 1. The standard InChI is InChI=1S/C10H8ClNOS/c11-8-3-1-7(2-4-8)10-12-5-9(6-13)14-10/h1-5,13H,6H2. The maximum Gasteiger partial charge on any atom is 0.123 e. The molecule has 2 aromatic rings. The molecule has 0 aliphatic heterocycles. The second-order valence-corrected chi connectivity index (χ2v) is 4.35. The van der Waals surface area contributed by atoms with E-state index < -0.39 is 0 Å². The van der Waals surface area contributed by atoms with Crippen molar-refractivity contribution in [2.45, 2.75) is 6.61 Å². The van der Waals surface area contributed by atoms with Gasteiger partial charge in [-0.25, -0.2) is 4.98 Å². The van der Waals surface area contributed by atoms with E-state index in [1.54, 1.807) is 6.20 Å². The summed E-state index contributed by atoms with van der Waals surface area (Å²) in [6.45, 7) is 0.0469. The highest BCUT2D eigenvalue weighted by molar-refractivity contribution is 7.15. The van der Waals surface area contributed by atoms with Crippen molar-refractivity contribution in [1.29, 1.82) is 0 Å². The lowest BCUT2D eigenvalue weighted by atomic mass is 10.2. The highest BCUT2D eigenvalue weighted by Gasteiger charge is 2.03. The van der Waals surface area contributed by atoms with Crippen LogP contribution in [0.15, 0.2) is 30.5 Å². The number of rotatable bonds is 2. The van der Waals surface area contributed by atoms with Crippen molar-refractivity contribution in [2.75, 3.05) is 0 Å². The Balaban J connectivity index is 2.34. The van der Waals surface area contributed by atoms with Crippen molar-refractivity contribution in [3.8, 4) is 10.6 Å². The maximum atomic E-state index is 8.89. The van der Waals surface area contributed by atoms with Gasteiger partial charge < -0.3 is 5.11 Å². The molecule has 1 aromatic heterocycles. The summed E-state index contributed by atoms with van der Waals surface area (Å²) in [4.78, 5) is 5.07. The van der Waals surface area contributed by atoms with Gasteiger partial charge in [-0.1, -0.05) is 23.7 Å². The molecule has 2 rings (SSSR count). The molecule has 0 radical (unpaired) electrons. The van der Waals surface area contributed by atoms with Crippen molar-refractivity contribution in [3.05, 3.63) is 40.4 Å². The van der Waals surface area contributed by atoms with E-state index in [0.717, 1.165) is 15.4 Å². The number of aliphatic hydroxyl groups is 1. The smallest absolute Gasteiger partial charge is 0.123 e. The summed E-state index contributed by atoms with van der Waals surface area (Å²) in [6, 6.07) is 7.50. The highest BCUT2D eigenvalue weighted by Crippen LogP contribution is 2.26. The van der Waals surface area contributed by atoms with Gasteiger partial charge in [0.15, 0.2) is 0 Å². The largest absolute Gasteiger partial charge is 0.391 e. The van der Waals surface area contributed by atoms with Crippen LogP contribution in [0.1, 0.15) is 4.88 Å². The molecule has 0 aliphatic rings. The summed E-state index contributed by atoms with van der Waals surface area (Å²) in [5, 5.41) is 10.5. The van der Waals surface area contributed by atoms with Crippen molar-refractivity contribution >= 4 is 22.9 Å². The Morgan fingerprint density at radius 1 is 1.29 bits per heavy atom. The van der Waals surface area contributed by atoms with E-state index in [1.807, 2.05) is 24.3 Å². The minimum Gasteiger partial charge on any atom is -0.391 e. The zero-order valence-electron chi connectivity index (χ0n) is 7.27. The molecule has 0 saturated heterocycles. The molecule has 0 fully saturated rings. The number of nitrogens with zero attached hydrogens (tertiary/aromatic N) is 1. The highest BCUT2D eigenvalue weighted by atomic mass is 35.5. The third kappa shape index (κ3) is 1.95. The SMILES string of the molecule is OCc1cnc(-c2ccc(Cl)cc2)s1. The summed E-state index contributed by atoms with van der Waals surface area (Å²) >= 11 is 7.26. The summed E-state index contributed by atoms with van der Waals surface area (Å²) in [7, 11) is 0. The van der Waals surface area contributed by atoms with E-state index in [2.05, 4.69) is 4.98 Å². The van der Waals surface area contributed by atoms with Crippen molar-refractivity contribution in [2.24, 2.45) is 0 Å². The maximum absolute atomic E-state index is 8.89. The fourth-order valence-corrected chi connectivity index (χ4v) is 2.01. The van der Waals surface area contributed by atoms with Gasteiger partial charge >= 0.3 is 0 Å². The molecule has 0 amide bonds. The van der Waals surface area contributed by atoms with Crippen molar-refractivity contribution in [3.63, 3.8) is 0 Å². The van der Waals surface area contributed by atoms with E-state index >= 15 is 0 Å². The number of hydrogen-bond donors (Lipinski definition) is 1. The molecule has 1 N–H and O–H groups in total. The number of aromatic nitrogens is 1. The minimum atomic E-state index is 0.0469. The number of hydrogen-bond acceptors (Lipinski definition) is 3. The van der Waals surface area contributed by atoms with Crippen LogP contribution in [-0.2, 0) is 6.61 Å². The predicted octanol–water partition coefficient (Wildman–Crippen LogP) is 2.96.